The summed E-state index contributed by atoms with van der Waals surface area (Å²) in [6, 6.07) is 12.8. The number of nitrogens with zero attached hydrogens (tertiary/aromatic N) is 4. The summed E-state index contributed by atoms with van der Waals surface area (Å²) in [6.07, 6.45) is 0. The van der Waals surface area contributed by atoms with Gasteiger partial charge in [-0.05, 0) is 43.3 Å². The Balaban J connectivity index is 2.21. The molecule has 1 heterocycles. The van der Waals surface area contributed by atoms with E-state index in [-0.39, 0.29) is 37.9 Å². The van der Waals surface area contributed by atoms with E-state index in [4.69, 9.17) is 21.2 Å². The summed E-state index contributed by atoms with van der Waals surface area (Å²) in [5, 5.41) is 11.1. The number of aromatic nitrogens is 2. The van der Waals surface area contributed by atoms with Crippen LogP contribution in [0.1, 0.15) is 22.8 Å². The van der Waals surface area contributed by atoms with E-state index in [1.807, 2.05) is 0 Å². The van der Waals surface area contributed by atoms with Crippen molar-refractivity contribution in [3.8, 4) is 11.6 Å². The third-order valence-corrected chi connectivity index (χ3v) is 6.00. The molecule has 2 aromatic carbocycles. The molecule has 0 N–H and O–H groups in total. The maximum atomic E-state index is 13.6. The van der Waals surface area contributed by atoms with Gasteiger partial charge in [0.2, 0.25) is 5.88 Å². The molecule has 9 nitrogen and oxygen atoms in total. The lowest BCUT2D eigenvalue weighted by Crippen LogP contribution is -2.45. The SMILES string of the molecule is CON=C(C)c1cc(Oc2ccc(Cl)nn2)ccc1N(C(=O)c1ccccc1)S(=O)(=O)C(F)(F)F. The zero-order valence-electron chi connectivity index (χ0n) is 18.0. The highest BCUT2D eigenvalue weighted by molar-refractivity contribution is 7.94. The van der Waals surface area contributed by atoms with E-state index in [1.54, 1.807) is 0 Å². The molecule has 184 valence electrons. The number of alkyl halides is 3. The molecule has 0 spiro atoms. The molecule has 35 heavy (non-hydrogen) atoms. The van der Waals surface area contributed by atoms with Crippen molar-refractivity contribution >= 4 is 38.9 Å². The van der Waals surface area contributed by atoms with Crippen molar-refractivity contribution in [2.45, 2.75) is 12.4 Å². The first kappa shape index (κ1) is 25.9. The molecular formula is C21H16ClF3N4O5S. The minimum absolute atomic E-state index is 0.00503. The third-order valence-electron chi connectivity index (χ3n) is 4.37. The van der Waals surface area contributed by atoms with Crippen LogP contribution in [0.15, 0.2) is 65.8 Å². The second kappa shape index (κ2) is 10.3. The maximum absolute atomic E-state index is 13.6. The highest BCUT2D eigenvalue weighted by Gasteiger charge is 2.53. The normalized spacial score (nSPS) is 12.2. The molecule has 0 unspecified atom stereocenters. The lowest BCUT2D eigenvalue weighted by molar-refractivity contribution is -0.0437. The number of halogens is 4. The Morgan fingerprint density at radius 1 is 1.06 bits per heavy atom. The molecule has 3 rings (SSSR count). The van der Waals surface area contributed by atoms with Gasteiger partial charge in [-0.15, -0.1) is 10.2 Å². The third kappa shape index (κ3) is 5.69. The predicted octanol–water partition coefficient (Wildman–Crippen LogP) is 4.79. The minimum atomic E-state index is -6.18. The maximum Gasteiger partial charge on any atom is 0.517 e. The number of sulfonamides is 1. The van der Waals surface area contributed by atoms with Crippen molar-refractivity contribution < 1.29 is 36.0 Å². The minimum Gasteiger partial charge on any atom is -0.437 e. The molecule has 0 saturated heterocycles. The zero-order valence-corrected chi connectivity index (χ0v) is 19.6. The van der Waals surface area contributed by atoms with Gasteiger partial charge in [0, 0.05) is 17.2 Å². The average molecular weight is 529 g/mol. The van der Waals surface area contributed by atoms with Crippen LogP contribution in [0.25, 0.3) is 0 Å². The topological polar surface area (TPSA) is 111 Å². The van der Waals surface area contributed by atoms with Crippen molar-refractivity contribution in [3.63, 3.8) is 0 Å². The van der Waals surface area contributed by atoms with Crippen LogP contribution < -0.4 is 9.04 Å². The van der Waals surface area contributed by atoms with Crippen molar-refractivity contribution in [3.05, 3.63) is 76.9 Å². The van der Waals surface area contributed by atoms with Crippen molar-refractivity contribution in [2.24, 2.45) is 5.16 Å². The van der Waals surface area contributed by atoms with E-state index in [0.717, 1.165) is 12.1 Å². The Morgan fingerprint density at radius 2 is 1.74 bits per heavy atom. The number of amides is 1. The van der Waals surface area contributed by atoms with Crippen molar-refractivity contribution in [2.75, 3.05) is 11.4 Å². The van der Waals surface area contributed by atoms with Gasteiger partial charge >= 0.3 is 15.5 Å². The Kier molecular flexibility index (Phi) is 7.60. The number of hydrogen-bond donors (Lipinski definition) is 0. The van der Waals surface area contributed by atoms with Crippen LogP contribution in [0.2, 0.25) is 5.15 Å². The van der Waals surface area contributed by atoms with Crippen molar-refractivity contribution in [1.29, 1.82) is 0 Å². The fraction of sp³-hybridized carbons (Fsp3) is 0.143. The van der Waals surface area contributed by atoms with Crippen molar-refractivity contribution in [1.82, 2.24) is 10.2 Å². The number of benzene rings is 2. The second-order valence-corrected chi connectivity index (χ2v) is 8.89. The molecule has 3 aromatic rings. The molecular weight excluding hydrogens is 513 g/mol. The lowest BCUT2D eigenvalue weighted by Gasteiger charge is -2.26. The Morgan fingerprint density at radius 3 is 2.31 bits per heavy atom. The molecule has 0 atom stereocenters. The Bertz CT molecular complexity index is 1350. The first-order valence-corrected chi connectivity index (χ1v) is 11.4. The van der Waals surface area contributed by atoms with Crippen LogP contribution in [0, 0.1) is 0 Å². The van der Waals surface area contributed by atoms with E-state index in [9.17, 15) is 26.4 Å². The standard InChI is InChI=1S/C21H16ClF3N4O5S/c1-13(28-33-2)16-12-15(34-19-11-10-18(22)26-27-19)8-9-17(16)29(35(31,32)21(23,24)25)20(30)14-6-4-3-5-7-14/h3-12H,1-2H3. The number of oxime groups is 1. The molecule has 0 bridgehead atoms. The van der Waals surface area contributed by atoms with Crippen LogP contribution in [-0.2, 0) is 14.9 Å². The van der Waals surface area contributed by atoms with Crippen LogP contribution in [-0.4, -0.2) is 42.9 Å². The zero-order chi connectivity index (χ0) is 25.8. The molecule has 1 amide bonds. The summed E-state index contributed by atoms with van der Waals surface area (Å²) in [5.74, 6) is -1.40. The Labute approximate surface area is 202 Å². The van der Waals surface area contributed by atoms with Crippen LogP contribution in [0.4, 0.5) is 18.9 Å². The van der Waals surface area contributed by atoms with Gasteiger partial charge in [-0.1, -0.05) is 35.0 Å². The first-order chi connectivity index (χ1) is 16.5. The van der Waals surface area contributed by atoms with E-state index in [1.165, 1.54) is 62.6 Å². The quantitative estimate of drug-likeness (QED) is 0.320. The molecule has 0 fully saturated rings. The van der Waals surface area contributed by atoms with Gasteiger partial charge in [-0.2, -0.15) is 25.9 Å². The summed E-state index contributed by atoms with van der Waals surface area (Å²) in [5.41, 5.74) is -6.93. The van der Waals surface area contributed by atoms with E-state index in [0.29, 0.717) is 0 Å². The Hall–Kier alpha value is -3.71. The van der Waals surface area contributed by atoms with Gasteiger partial charge in [0.1, 0.15) is 12.9 Å². The molecule has 0 radical (unpaired) electrons. The van der Waals surface area contributed by atoms with E-state index >= 15 is 0 Å². The fourth-order valence-electron chi connectivity index (χ4n) is 2.86. The van der Waals surface area contributed by atoms with Gasteiger partial charge in [0.05, 0.1) is 11.4 Å². The summed E-state index contributed by atoms with van der Waals surface area (Å²) >= 11 is 5.69. The predicted molar refractivity (Wildman–Crippen MR) is 121 cm³/mol. The summed E-state index contributed by atoms with van der Waals surface area (Å²) < 4.78 is 71.2. The molecule has 0 aliphatic heterocycles. The molecule has 0 saturated carbocycles. The van der Waals surface area contributed by atoms with Crippen LogP contribution in [0.3, 0.4) is 0 Å². The molecule has 0 aliphatic carbocycles. The number of anilines is 1. The highest BCUT2D eigenvalue weighted by Crippen LogP contribution is 2.36. The molecule has 1 aromatic heterocycles. The van der Waals surface area contributed by atoms with Gasteiger partial charge < -0.3 is 9.57 Å². The lowest BCUT2D eigenvalue weighted by atomic mass is 10.1. The van der Waals surface area contributed by atoms with Gasteiger partial charge in [0.15, 0.2) is 5.15 Å². The van der Waals surface area contributed by atoms with Gasteiger partial charge in [-0.3, -0.25) is 4.79 Å². The number of hydrogen-bond acceptors (Lipinski definition) is 8. The summed E-state index contributed by atoms with van der Waals surface area (Å²) in [4.78, 5) is 17.8. The molecule has 0 aliphatic rings. The largest absolute Gasteiger partial charge is 0.517 e. The average Bonchev–Trinajstić information content (AvgIpc) is 2.81. The van der Waals surface area contributed by atoms with Crippen LogP contribution >= 0.6 is 11.6 Å². The monoisotopic (exact) mass is 528 g/mol. The fourth-order valence-corrected chi connectivity index (χ4v) is 3.91. The highest BCUT2D eigenvalue weighted by atomic mass is 35.5. The smallest absolute Gasteiger partial charge is 0.437 e. The second-order valence-electron chi connectivity index (χ2n) is 6.72. The summed E-state index contributed by atoms with van der Waals surface area (Å²) in [7, 11) is -4.99. The molecule has 14 heteroatoms. The van der Waals surface area contributed by atoms with E-state index in [2.05, 4.69) is 15.4 Å². The number of ether oxygens (including phenoxy) is 1. The number of carbonyl (C=O) groups is 1. The van der Waals surface area contributed by atoms with Crippen LogP contribution in [0.5, 0.6) is 11.6 Å². The van der Waals surface area contributed by atoms with Gasteiger partial charge in [0.25, 0.3) is 5.91 Å². The van der Waals surface area contributed by atoms with Gasteiger partial charge in [-0.25, -0.2) is 0 Å². The number of carbonyl (C=O) groups excluding carboxylic acids is 1. The first-order valence-electron chi connectivity index (χ1n) is 9.56. The number of rotatable bonds is 7. The van der Waals surface area contributed by atoms with E-state index < -0.39 is 27.1 Å². The summed E-state index contributed by atoms with van der Waals surface area (Å²) in [6.45, 7) is 1.35.